The second-order valence-corrected chi connectivity index (χ2v) is 9.63. The number of amides is 2. The molecule has 1 fully saturated rings. The molecule has 202 valence electrons. The summed E-state index contributed by atoms with van der Waals surface area (Å²) >= 11 is 0. The van der Waals surface area contributed by atoms with E-state index in [0.29, 0.717) is 23.2 Å². The van der Waals surface area contributed by atoms with Crippen LogP contribution in [0.15, 0.2) is 54.6 Å². The zero-order valence-corrected chi connectivity index (χ0v) is 21.3. The summed E-state index contributed by atoms with van der Waals surface area (Å²) in [6.45, 7) is 3.89. The Kier molecular flexibility index (Phi) is 7.51. The maximum atomic E-state index is 14.0. The SMILES string of the molecule is CN1CCN(CCOC(=O)c2ccc(-c3ccc(F)c(F)c3)cc2N2C(=O)c3ccc(CO)cc3C2=O)CC1. The van der Waals surface area contributed by atoms with E-state index in [-0.39, 0.29) is 35.6 Å². The molecule has 3 aromatic rings. The minimum absolute atomic E-state index is 0.0170. The summed E-state index contributed by atoms with van der Waals surface area (Å²) in [6, 6.07) is 12.1. The Labute approximate surface area is 224 Å². The number of nitrogens with zero attached hydrogens (tertiary/aromatic N) is 3. The van der Waals surface area contributed by atoms with E-state index in [1.807, 2.05) is 7.05 Å². The number of benzene rings is 3. The van der Waals surface area contributed by atoms with Crippen LogP contribution in [0.3, 0.4) is 0 Å². The zero-order chi connectivity index (χ0) is 27.7. The van der Waals surface area contributed by atoms with Gasteiger partial charge in [-0.25, -0.2) is 18.5 Å². The quantitative estimate of drug-likeness (QED) is 0.367. The molecule has 1 N–H and O–H groups in total. The van der Waals surface area contributed by atoms with Crippen LogP contribution in [0.1, 0.15) is 36.6 Å². The zero-order valence-electron chi connectivity index (χ0n) is 21.3. The van der Waals surface area contributed by atoms with Crippen molar-refractivity contribution in [2.75, 3.05) is 51.3 Å². The highest BCUT2D eigenvalue weighted by Crippen LogP contribution is 2.35. The average molecular weight is 536 g/mol. The summed E-state index contributed by atoms with van der Waals surface area (Å²) in [5.41, 5.74) is 1.30. The van der Waals surface area contributed by atoms with Gasteiger partial charge in [0.15, 0.2) is 11.6 Å². The molecule has 2 amide bonds. The fraction of sp³-hybridized carbons (Fsp3) is 0.276. The predicted octanol–water partition coefficient (Wildman–Crippen LogP) is 3.33. The molecule has 1 saturated heterocycles. The van der Waals surface area contributed by atoms with Crippen molar-refractivity contribution in [1.82, 2.24) is 9.80 Å². The van der Waals surface area contributed by atoms with Gasteiger partial charge in [-0.2, -0.15) is 0 Å². The third-order valence-corrected chi connectivity index (χ3v) is 7.08. The van der Waals surface area contributed by atoms with Crippen LogP contribution < -0.4 is 4.90 Å². The molecule has 3 aromatic carbocycles. The Morgan fingerprint density at radius 3 is 2.28 bits per heavy atom. The van der Waals surface area contributed by atoms with Gasteiger partial charge in [-0.1, -0.05) is 18.2 Å². The molecule has 0 bridgehead atoms. The normalized spacial score (nSPS) is 16.1. The van der Waals surface area contributed by atoms with E-state index in [1.54, 1.807) is 6.07 Å². The van der Waals surface area contributed by atoms with Crippen molar-refractivity contribution in [3.63, 3.8) is 0 Å². The van der Waals surface area contributed by atoms with Gasteiger partial charge < -0.3 is 14.7 Å². The van der Waals surface area contributed by atoms with Crippen molar-refractivity contribution in [2.24, 2.45) is 0 Å². The van der Waals surface area contributed by atoms with E-state index in [0.717, 1.165) is 43.2 Å². The highest BCUT2D eigenvalue weighted by atomic mass is 19.2. The van der Waals surface area contributed by atoms with Gasteiger partial charge in [-0.15, -0.1) is 0 Å². The van der Waals surface area contributed by atoms with Crippen LogP contribution in [0.5, 0.6) is 0 Å². The number of carbonyl (C=O) groups is 3. The standard InChI is InChI=1S/C29H27F2N3O5/c1-32-8-10-33(11-9-32)12-13-39-29(38)22-6-3-20(19-4-7-24(30)25(31)15-19)16-26(22)34-27(36)21-5-2-18(17-35)14-23(21)28(34)37/h2-7,14-16,35H,8-13,17H2,1H3. The number of aliphatic hydroxyl groups is 1. The summed E-state index contributed by atoms with van der Waals surface area (Å²) in [4.78, 5) is 45.2. The first-order valence-corrected chi connectivity index (χ1v) is 12.6. The van der Waals surface area contributed by atoms with Gasteiger partial charge in [0.2, 0.25) is 0 Å². The minimum atomic E-state index is -1.06. The highest BCUT2D eigenvalue weighted by Gasteiger charge is 2.39. The second-order valence-electron chi connectivity index (χ2n) is 9.63. The molecule has 0 unspecified atom stereocenters. The number of ether oxygens (including phenoxy) is 1. The van der Waals surface area contributed by atoms with Crippen molar-refractivity contribution in [3.05, 3.63) is 88.5 Å². The van der Waals surface area contributed by atoms with E-state index in [1.165, 1.54) is 36.4 Å². The molecule has 0 spiro atoms. The van der Waals surface area contributed by atoms with Gasteiger partial charge in [-0.3, -0.25) is 14.5 Å². The summed E-state index contributed by atoms with van der Waals surface area (Å²) < 4.78 is 33.0. The van der Waals surface area contributed by atoms with Crippen LogP contribution in [0.25, 0.3) is 11.1 Å². The lowest BCUT2D eigenvalue weighted by molar-refractivity contribution is 0.0433. The molecule has 5 rings (SSSR count). The predicted molar refractivity (Wildman–Crippen MR) is 140 cm³/mol. The smallest absolute Gasteiger partial charge is 0.340 e. The monoisotopic (exact) mass is 535 g/mol. The van der Waals surface area contributed by atoms with Crippen LogP contribution in [0.4, 0.5) is 14.5 Å². The number of hydrogen-bond acceptors (Lipinski definition) is 7. The van der Waals surface area contributed by atoms with Crippen molar-refractivity contribution in [1.29, 1.82) is 0 Å². The summed E-state index contributed by atoms with van der Waals surface area (Å²) in [5, 5.41) is 9.48. The van der Waals surface area contributed by atoms with Crippen LogP contribution >= 0.6 is 0 Å². The highest BCUT2D eigenvalue weighted by molar-refractivity contribution is 6.35. The number of esters is 1. The minimum Gasteiger partial charge on any atom is -0.461 e. The van der Waals surface area contributed by atoms with Gasteiger partial charge in [-0.05, 0) is 60.1 Å². The Morgan fingerprint density at radius 2 is 1.56 bits per heavy atom. The maximum Gasteiger partial charge on any atom is 0.340 e. The van der Waals surface area contributed by atoms with Gasteiger partial charge >= 0.3 is 5.97 Å². The molecule has 0 radical (unpaired) electrons. The topological polar surface area (TPSA) is 90.4 Å². The fourth-order valence-corrected chi connectivity index (χ4v) is 4.77. The Bertz CT molecular complexity index is 1450. The molecule has 39 heavy (non-hydrogen) atoms. The van der Waals surface area contributed by atoms with Gasteiger partial charge in [0.05, 0.1) is 29.0 Å². The molecular weight excluding hydrogens is 508 g/mol. The number of piperazine rings is 1. The van der Waals surface area contributed by atoms with E-state index >= 15 is 0 Å². The number of aliphatic hydroxyl groups excluding tert-OH is 1. The molecule has 2 aliphatic rings. The number of halogens is 2. The lowest BCUT2D eigenvalue weighted by atomic mass is 10.0. The number of imide groups is 1. The van der Waals surface area contributed by atoms with E-state index < -0.39 is 29.4 Å². The Balaban J connectivity index is 1.47. The molecule has 0 aromatic heterocycles. The molecule has 2 aliphatic heterocycles. The van der Waals surface area contributed by atoms with Crippen LogP contribution in [0.2, 0.25) is 0 Å². The largest absolute Gasteiger partial charge is 0.461 e. The number of likely N-dealkylation sites (N-methyl/N-ethyl adjacent to an activating group) is 1. The maximum absolute atomic E-state index is 14.0. The molecule has 10 heteroatoms. The lowest BCUT2D eigenvalue weighted by Gasteiger charge is -2.32. The Hall–Kier alpha value is -3.99. The van der Waals surface area contributed by atoms with Crippen LogP contribution in [0, 0.1) is 11.6 Å². The van der Waals surface area contributed by atoms with Gasteiger partial charge in [0, 0.05) is 32.7 Å². The summed E-state index contributed by atoms with van der Waals surface area (Å²) in [7, 11) is 2.05. The average Bonchev–Trinajstić information content (AvgIpc) is 3.19. The summed E-state index contributed by atoms with van der Waals surface area (Å²) in [5.74, 6) is -4.10. The molecular formula is C29H27F2N3O5. The molecule has 0 aliphatic carbocycles. The van der Waals surface area contributed by atoms with E-state index in [4.69, 9.17) is 4.74 Å². The third-order valence-electron chi connectivity index (χ3n) is 7.08. The van der Waals surface area contributed by atoms with E-state index in [2.05, 4.69) is 9.80 Å². The molecule has 0 atom stereocenters. The van der Waals surface area contributed by atoms with E-state index in [9.17, 15) is 28.3 Å². The lowest BCUT2D eigenvalue weighted by Crippen LogP contribution is -2.45. The molecule has 0 saturated carbocycles. The number of carbonyl (C=O) groups excluding carboxylic acids is 3. The number of fused-ring (bicyclic) bond motifs is 1. The fourth-order valence-electron chi connectivity index (χ4n) is 4.77. The number of hydrogen-bond donors (Lipinski definition) is 1. The van der Waals surface area contributed by atoms with Gasteiger partial charge in [0.25, 0.3) is 11.8 Å². The third kappa shape index (κ3) is 5.31. The molecule has 8 nitrogen and oxygen atoms in total. The first kappa shape index (κ1) is 26.6. The summed E-state index contributed by atoms with van der Waals surface area (Å²) in [6.07, 6.45) is 0. The van der Waals surface area contributed by atoms with Crippen LogP contribution in [-0.4, -0.2) is 79.1 Å². The van der Waals surface area contributed by atoms with Crippen molar-refractivity contribution in [2.45, 2.75) is 6.61 Å². The first-order valence-electron chi connectivity index (χ1n) is 12.6. The Morgan fingerprint density at radius 1 is 0.872 bits per heavy atom. The van der Waals surface area contributed by atoms with Crippen molar-refractivity contribution in [3.8, 4) is 11.1 Å². The van der Waals surface area contributed by atoms with Crippen molar-refractivity contribution < 1.29 is 33.0 Å². The van der Waals surface area contributed by atoms with Crippen LogP contribution in [-0.2, 0) is 11.3 Å². The van der Waals surface area contributed by atoms with Crippen molar-refractivity contribution >= 4 is 23.5 Å². The number of rotatable bonds is 7. The number of anilines is 1. The first-order chi connectivity index (χ1) is 18.8. The van der Waals surface area contributed by atoms with Gasteiger partial charge in [0.1, 0.15) is 6.61 Å². The molecule has 2 heterocycles. The second kappa shape index (κ2) is 11.0.